The highest BCUT2D eigenvalue weighted by Crippen LogP contribution is 2.30. The van der Waals surface area contributed by atoms with Crippen LogP contribution in [0.5, 0.6) is 0 Å². The lowest BCUT2D eigenvalue weighted by Crippen LogP contribution is -2.22. The van der Waals surface area contributed by atoms with E-state index in [1.165, 1.54) is 148 Å². The van der Waals surface area contributed by atoms with Crippen LogP contribution in [0.3, 0.4) is 0 Å². The van der Waals surface area contributed by atoms with Gasteiger partial charge in [0.2, 0.25) is 0 Å². The maximum Gasteiger partial charge on any atom is 0.158 e. The van der Waals surface area contributed by atoms with Crippen LogP contribution in [0.2, 0.25) is 0 Å². The minimum Gasteiger partial charge on any atom is -0.347 e. The summed E-state index contributed by atoms with van der Waals surface area (Å²) in [6, 6.07) is 0. The van der Waals surface area contributed by atoms with Gasteiger partial charge in [-0.05, 0) is 111 Å². The molecule has 0 aliphatic carbocycles. The summed E-state index contributed by atoms with van der Waals surface area (Å²) >= 11 is 0. The Hall–Kier alpha value is -1.16. The highest BCUT2D eigenvalue weighted by atomic mass is 16.7. The Bertz CT molecular complexity index is 739. The summed E-state index contributed by atoms with van der Waals surface area (Å²) in [5.74, 6) is 0. The summed E-state index contributed by atoms with van der Waals surface area (Å²) in [7, 11) is 4.30. The van der Waals surface area contributed by atoms with E-state index in [9.17, 15) is 0 Å². The van der Waals surface area contributed by atoms with Crippen LogP contribution in [0.1, 0.15) is 187 Å². The number of nitrogens with zero attached hydrogens (tertiary/aromatic N) is 1. The van der Waals surface area contributed by atoms with Gasteiger partial charge < -0.3 is 14.4 Å². The lowest BCUT2D eigenvalue weighted by molar-refractivity contribution is -0.0733. The first-order valence-corrected chi connectivity index (χ1v) is 20.2. The topological polar surface area (TPSA) is 21.7 Å². The molecule has 3 atom stereocenters. The van der Waals surface area contributed by atoms with Crippen molar-refractivity contribution in [3.05, 3.63) is 48.6 Å². The first-order valence-electron chi connectivity index (χ1n) is 20.2. The zero-order valence-electron chi connectivity index (χ0n) is 31.4. The summed E-state index contributed by atoms with van der Waals surface area (Å²) < 4.78 is 13.0. The minimum absolute atomic E-state index is 0.00983. The van der Waals surface area contributed by atoms with Crippen LogP contribution in [-0.2, 0) is 9.47 Å². The molecule has 1 heterocycles. The van der Waals surface area contributed by atoms with Crippen LogP contribution in [0.4, 0.5) is 0 Å². The molecule has 1 aliphatic rings. The normalized spacial score (nSPS) is 19.0. The van der Waals surface area contributed by atoms with Crippen molar-refractivity contribution >= 4 is 0 Å². The van der Waals surface area contributed by atoms with Crippen LogP contribution in [-0.4, -0.2) is 44.0 Å². The standard InChI is InChI=1S/C43H79NO2/c1-5-7-9-11-13-15-17-19-21-23-25-27-29-31-33-35-38-42-41(45-43(46-42)39-36-40-44(3)4)37-34-32-30-28-26-24-22-20-18-16-14-12-10-8-6-2/h14-17,20-23,41-43H,5-13,18-19,24-40H2,1-4H3/b16-14-,17-15-,22-20-,23-21-. The molecule has 0 radical (unpaired) electrons. The van der Waals surface area contributed by atoms with Crippen molar-refractivity contribution < 1.29 is 9.47 Å². The second-order valence-electron chi connectivity index (χ2n) is 14.1. The predicted octanol–water partition coefficient (Wildman–Crippen LogP) is 13.5. The Morgan fingerprint density at radius 2 is 0.783 bits per heavy atom. The summed E-state index contributed by atoms with van der Waals surface area (Å²) in [6.45, 7) is 5.65. The molecular formula is C43H79NO2. The molecule has 1 fully saturated rings. The molecule has 3 heteroatoms. The number of ether oxygens (including phenoxy) is 2. The van der Waals surface area contributed by atoms with E-state index in [1.54, 1.807) is 0 Å². The van der Waals surface area contributed by atoms with Gasteiger partial charge in [-0.1, -0.05) is 146 Å². The average Bonchev–Trinajstić information content (AvgIpc) is 3.43. The maximum atomic E-state index is 6.49. The van der Waals surface area contributed by atoms with Gasteiger partial charge in [0.05, 0.1) is 12.2 Å². The van der Waals surface area contributed by atoms with E-state index in [4.69, 9.17) is 9.47 Å². The molecule has 0 N–H and O–H groups in total. The highest BCUT2D eigenvalue weighted by molar-refractivity contribution is 4.93. The number of allylic oxidation sites excluding steroid dienone is 8. The fourth-order valence-electron chi connectivity index (χ4n) is 6.31. The van der Waals surface area contributed by atoms with Crippen LogP contribution in [0, 0.1) is 0 Å². The molecule has 0 aromatic heterocycles. The van der Waals surface area contributed by atoms with E-state index < -0.39 is 0 Å². The molecule has 1 saturated heterocycles. The molecule has 3 unspecified atom stereocenters. The van der Waals surface area contributed by atoms with Crippen LogP contribution < -0.4 is 0 Å². The largest absolute Gasteiger partial charge is 0.347 e. The van der Waals surface area contributed by atoms with Crippen LogP contribution >= 0.6 is 0 Å². The molecule has 1 aliphatic heterocycles. The third-order valence-corrected chi connectivity index (χ3v) is 9.24. The first-order chi connectivity index (χ1) is 22.7. The summed E-state index contributed by atoms with van der Waals surface area (Å²) in [5, 5.41) is 0. The van der Waals surface area contributed by atoms with Crippen molar-refractivity contribution in [2.45, 2.75) is 206 Å². The second-order valence-corrected chi connectivity index (χ2v) is 14.1. The van der Waals surface area contributed by atoms with Gasteiger partial charge in [-0.25, -0.2) is 0 Å². The lowest BCUT2D eigenvalue weighted by Gasteiger charge is -2.16. The van der Waals surface area contributed by atoms with E-state index in [0.717, 1.165) is 32.2 Å². The van der Waals surface area contributed by atoms with E-state index in [-0.39, 0.29) is 6.29 Å². The molecule has 0 spiro atoms. The van der Waals surface area contributed by atoms with Crippen LogP contribution in [0.15, 0.2) is 48.6 Å². The van der Waals surface area contributed by atoms with Gasteiger partial charge in [0.1, 0.15) is 0 Å². The molecule has 0 aromatic rings. The lowest BCUT2D eigenvalue weighted by atomic mass is 9.99. The van der Waals surface area contributed by atoms with Crippen molar-refractivity contribution in [3.63, 3.8) is 0 Å². The van der Waals surface area contributed by atoms with Gasteiger partial charge in [0, 0.05) is 0 Å². The molecule has 268 valence electrons. The minimum atomic E-state index is 0.00983. The fraction of sp³-hybridized carbons (Fsp3) is 0.814. The summed E-state index contributed by atoms with van der Waals surface area (Å²) in [5.41, 5.74) is 0. The zero-order chi connectivity index (χ0) is 33.2. The van der Waals surface area contributed by atoms with Crippen molar-refractivity contribution in [2.75, 3.05) is 20.6 Å². The summed E-state index contributed by atoms with van der Waals surface area (Å²) in [4.78, 5) is 2.26. The molecule has 0 aromatic carbocycles. The third kappa shape index (κ3) is 27.9. The van der Waals surface area contributed by atoms with Crippen molar-refractivity contribution in [1.82, 2.24) is 4.90 Å². The van der Waals surface area contributed by atoms with Gasteiger partial charge in [0.15, 0.2) is 6.29 Å². The van der Waals surface area contributed by atoms with E-state index >= 15 is 0 Å². The number of rotatable bonds is 33. The molecular weight excluding hydrogens is 562 g/mol. The van der Waals surface area contributed by atoms with E-state index in [0.29, 0.717) is 12.2 Å². The van der Waals surface area contributed by atoms with Crippen molar-refractivity contribution in [1.29, 1.82) is 0 Å². The van der Waals surface area contributed by atoms with Gasteiger partial charge in [0.25, 0.3) is 0 Å². The Labute approximate surface area is 288 Å². The number of unbranched alkanes of at least 4 members (excludes halogenated alkanes) is 17. The Kier molecular flexibility index (Phi) is 31.4. The van der Waals surface area contributed by atoms with Gasteiger partial charge in [-0.15, -0.1) is 0 Å². The highest BCUT2D eigenvalue weighted by Gasteiger charge is 2.34. The smallest absolute Gasteiger partial charge is 0.158 e. The Balaban J connectivity index is 2.15. The molecule has 1 rings (SSSR count). The molecule has 0 bridgehead atoms. The monoisotopic (exact) mass is 642 g/mol. The third-order valence-electron chi connectivity index (χ3n) is 9.24. The van der Waals surface area contributed by atoms with Gasteiger partial charge in [-0.2, -0.15) is 0 Å². The molecule has 0 amide bonds. The van der Waals surface area contributed by atoms with E-state index in [2.05, 4.69) is 81.5 Å². The molecule has 46 heavy (non-hydrogen) atoms. The first kappa shape index (κ1) is 42.9. The van der Waals surface area contributed by atoms with E-state index in [1.807, 2.05) is 0 Å². The van der Waals surface area contributed by atoms with Gasteiger partial charge in [-0.3, -0.25) is 0 Å². The zero-order valence-corrected chi connectivity index (χ0v) is 31.4. The quantitative estimate of drug-likeness (QED) is 0.0526. The molecule has 0 saturated carbocycles. The van der Waals surface area contributed by atoms with Crippen molar-refractivity contribution in [3.8, 4) is 0 Å². The SMILES string of the molecule is CCCCC/C=C\C/C=C\CCCCCCCC1OC(CCCN(C)C)OC1CCCCCCC/C=C\C/C=C\CCCCCC. The number of hydrogen-bond donors (Lipinski definition) is 0. The number of hydrogen-bond acceptors (Lipinski definition) is 3. The Morgan fingerprint density at radius 3 is 1.22 bits per heavy atom. The average molecular weight is 642 g/mol. The van der Waals surface area contributed by atoms with Crippen LogP contribution in [0.25, 0.3) is 0 Å². The predicted molar refractivity (Wildman–Crippen MR) is 205 cm³/mol. The maximum absolute atomic E-state index is 6.49. The second kappa shape index (κ2) is 33.7. The Morgan fingerprint density at radius 1 is 0.413 bits per heavy atom. The fourth-order valence-corrected chi connectivity index (χ4v) is 6.31. The van der Waals surface area contributed by atoms with Crippen molar-refractivity contribution in [2.24, 2.45) is 0 Å². The molecule has 3 nitrogen and oxygen atoms in total. The van der Waals surface area contributed by atoms with Gasteiger partial charge >= 0.3 is 0 Å². The summed E-state index contributed by atoms with van der Waals surface area (Å²) in [6.07, 6.45) is 53.8.